The van der Waals surface area contributed by atoms with Crippen molar-refractivity contribution in [2.75, 3.05) is 0 Å². The number of hydrogen-bond acceptors (Lipinski definition) is 3. The van der Waals surface area contributed by atoms with Gasteiger partial charge in [0.1, 0.15) is 5.75 Å². The molecule has 1 rings (SSSR count). The second kappa shape index (κ2) is 4.20. The molecule has 0 aliphatic rings. The summed E-state index contributed by atoms with van der Waals surface area (Å²) in [4.78, 5) is 10.5. The molecule has 0 fully saturated rings. The molecular weight excluding hydrogens is 232 g/mol. The van der Waals surface area contributed by atoms with Crippen molar-refractivity contribution in [1.82, 2.24) is 0 Å². The Hall–Kier alpha value is -1.85. The van der Waals surface area contributed by atoms with Crippen molar-refractivity contribution in [3.8, 4) is 11.5 Å². The molecule has 0 aromatic heterocycles. The lowest BCUT2D eigenvalue weighted by molar-refractivity contribution is 0.205. The first-order chi connectivity index (χ1) is 7.64. The number of amides is 1. The Morgan fingerprint density at radius 1 is 1.41 bits per heavy atom. The van der Waals surface area contributed by atoms with Gasteiger partial charge < -0.3 is 15.6 Å². The third-order valence-corrected chi connectivity index (χ3v) is 2.11. The van der Waals surface area contributed by atoms with Gasteiger partial charge in [-0.25, -0.2) is 13.6 Å². The van der Waals surface area contributed by atoms with Crippen LogP contribution in [0.1, 0.15) is 26.3 Å². The summed E-state index contributed by atoms with van der Waals surface area (Å²) in [5.74, 6) is -3.76. The molecule has 94 valence electrons. The van der Waals surface area contributed by atoms with E-state index in [1.807, 2.05) is 0 Å². The molecule has 3 N–H and O–H groups in total. The fourth-order valence-electron chi connectivity index (χ4n) is 1.50. The van der Waals surface area contributed by atoms with Crippen LogP contribution in [-0.2, 0) is 5.41 Å². The van der Waals surface area contributed by atoms with E-state index < -0.39 is 34.6 Å². The minimum atomic E-state index is -1.33. The molecule has 1 aromatic carbocycles. The first-order valence-corrected chi connectivity index (χ1v) is 4.83. The van der Waals surface area contributed by atoms with Gasteiger partial charge in [-0.05, 0) is 5.41 Å². The smallest absolute Gasteiger partial charge is 0.410 e. The van der Waals surface area contributed by atoms with Gasteiger partial charge in [-0.15, -0.1) is 0 Å². The number of phenols is 1. The van der Waals surface area contributed by atoms with Crippen molar-refractivity contribution in [2.24, 2.45) is 5.73 Å². The number of rotatable bonds is 1. The van der Waals surface area contributed by atoms with Crippen molar-refractivity contribution in [1.29, 1.82) is 0 Å². The van der Waals surface area contributed by atoms with Gasteiger partial charge in [0.25, 0.3) is 0 Å². The molecule has 0 saturated heterocycles. The van der Waals surface area contributed by atoms with Gasteiger partial charge >= 0.3 is 6.09 Å². The molecule has 1 aromatic rings. The van der Waals surface area contributed by atoms with Crippen LogP contribution in [0.15, 0.2) is 6.07 Å². The maximum atomic E-state index is 13.9. The van der Waals surface area contributed by atoms with E-state index in [4.69, 9.17) is 5.73 Å². The maximum absolute atomic E-state index is 13.9. The molecule has 4 nitrogen and oxygen atoms in total. The second-order valence-corrected chi connectivity index (χ2v) is 4.57. The number of hydrogen-bond donors (Lipinski definition) is 2. The Bertz CT molecular complexity index is 467. The first kappa shape index (κ1) is 13.2. The average molecular weight is 245 g/mol. The quantitative estimate of drug-likeness (QED) is 0.798. The number of benzene rings is 1. The Kier molecular flexibility index (Phi) is 3.26. The molecular formula is C11H13F2NO3. The molecule has 0 aliphatic carbocycles. The summed E-state index contributed by atoms with van der Waals surface area (Å²) in [6.45, 7) is 4.87. The Balaban J connectivity index is 3.48. The van der Waals surface area contributed by atoms with E-state index >= 15 is 0 Å². The summed E-state index contributed by atoms with van der Waals surface area (Å²) in [6, 6.07) is 0.682. The lowest BCUT2D eigenvalue weighted by atomic mass is 9.85. The van der Waals surface area contributed by atoms with E-state index in [-0.39, 0.29) is 5.56 Å². The summed E-state index contributed by atoms with van der Waals surface area (Å²) < 4.78 is 31.5. The van der Waals surface area contributed by atoms with Crippen molar-refractivity contribution in [3.05, 3.63) is 23.3 Å². The number of primary amides is 1. The number of halogens is 2. The summed E-state index contributed by atoms with van der Waals surface area (Å²) in [5.41, 5.74) is 3.78. The highest BCUT2D eigenvalue weighted by Gasteiger charge is 2.28. The minimum Gasteiger partial charge on any atom is -0.507 e. The molecule has 17 heavy (non-hydrogen) atoms. The van der Waals surface area contributed by atoms with E-state index in [2.05, 4.69) is 4.74 Å². The van der Waals surface area contributed by atoms with Gasteiger partial charge in [0.2, 0.25) is 5.75 Å². The number of carbonyl (C=O) groups excluding carboxylic acids is 1. The van der Waals surface area contributed by atoms with Gasteiger partial charge in [-0.3, -0.25) is 0 Å². The summed E-state index contributed by atoms with van der Waals surface area (Å²) >= 11 is 0. The van der Waals surface area contributed by atoms with E-state index in [9.17, 15) is 18.7 Å². The van der Waals surface area contributed by atoms with E-state index in [1.54, 1.807) is 20.8 Å². The third kappa shape index (κ3) is 2.64. The molecule has 0 atom stereocenters. The highest BCUT2D eigenvalue weighted by atomic mass is 19.1. The fourth-order valence-corrected chi connectivity index (χ4v) is 1.50. The van der Waals surface area contributed by atoms with Crippen LogP contribution in [0.4, 0.5) is 13.6 Å². The molecule has 0 saturated carbocycles. The molecule has 0 aliphatic heterocycles. The van der Waals surface area contributed by atoms with E-state index in [1.165, 1.54) is 0 Å². The lowest BCUT2D eigenvalue weighted by Crippen LogP contribution is -2.20. The standard InChI is InChI=1S/C11H13F2NO3/c1-11(2,3)7-6(15)4-5(12)9(8(7)13)17-10(14)16/h4,15H,1-3H3,(H2,14,16). The van der Waals surface area contributed by atoms with Gasteiger partial charge in [0.05, 0.1) is 0 Å². The monoisotopic (exact) mass is 245 g/mol. The SMILES string of the molecule is CC(C)(C)c1c(O)cc(F)c(OC(N)=O)c1F. The van der Waals surface area contributed by atoms with Crippen LogP contribution in [0, 0.1) is 11.6 Å². The topological polar surface area (TPSA) is 72.6 Å². The second-order valence-electron chi connectivity index (χ2n) is 4.57. The molecule has 0 bridgehead atoms. The van der Waals surface area contributed by atoms with Crippen molar-refractivity contribution in [2.45, 2.75) is 26.2 Å². The fraction of sp³-hybridized carbons (Fsp3) is 0.364. The number of phenolic OH excluding ortho intramolecular Hbond substituents is 1. The number of carbonyl (C=O) groups is 1. The van der Waals surface area contributed by atoms with Gasteiger partial charge in [0, 0.05) is 11.6 Å². The van der Waals surface area contributed by atoms with Crippen molar-refractivity contribution < 1.29 is 23.4 Å². The van der Waals surface area contributed by atoms with Crippen LogP contribution in [-0.4, -0.2) is 11.2 Å². The highest BCUT2D eigenvalue weighted by molar-refractivity contribution is 5.68. The van der Waals surface area contributed by atoms with E-state index in [0.29, 0.717) is 6.07 Å². The average Bonchev–Trinajstić information content (AvgIpc) is 2.08. The van der Waals surface area contributed by atoms with E-state index in [0.717, 1.165) is 0 Å². The normalized spacial score (nSPS) is 11.4. The van der Waals surface area contributed by atoms with Gasteiger partial charge in [-0.1, -0.05) is 20.8 Å². The zero-order chi connectivity index (χ0) is 13.4. The van der Waals surface area contributed by atoms with Crippen LogP contribution >= 0.6 is 0 Å². The van der Waals surface area contributed by atoms with Crippen LogP contribution in [0.5, 0.6) is 11.5 Å². The summed E-state index contributed by atoms with van der Waals surface area (Å²) in [6.07, 6.45) is -1.33. The molecule has 1 amide bonds. The summed E-state index contributed by atoms with van der Waals surface area (Å²) in [7, 11) is 0. The molecule has 0 heterocycles. The summed E-state index contributed by atoms with van der Waals surface area (Å²) in [5, 5.41) is 9.51. The predicted octanol–water partition coefficient (Wildman–Crippen LogP) is 2.43. The van der Waals surface area contributed by atoms with Crippen LogP contribution in [0.25, 0.3) is 0 Å². The van der Waals surface area contributed by atoms with Crippen molar-refractivity contribution >= 4 is 6.09 Å². The van der Waals surface area contributed by atoms with Crippen LogP contribution in [0.3, 0.4) is 0 Å². The Labute approximate surface area is 97.0 Å². The number of ether oxygens (including phenoxy) is 1. The minimum absolute atomic E-state index is 0.143. The maximum Gasteiger partial charge on any atom is 0.410 e. The molecule has 0 radical (unpaired) electrons. The van der Waals surface area contributed by atoms with Crippen LogP contribution < -0.4 is 10.5 Å². The van der Waals surface area contributed by atoms with Crippen LogP contribution in [0.2, 0.25) is 0 Å². The molecule has 0 spiro atoms. The zero-order valence-electron chi connectivity index (χ0n) is 9.67. The van der Waals surface area contributed by atoms with Gasteiger partial charge in [0.15, 0.2) is 11.6 Å². The van der Waals surface area contributed by atoms with Gasteiger partial charge in [-0.2, -0.15) is 0 Å². The first-order valence-electron chi connectivity index (χ1n) is 4.83. The Morgan fingerprint density at radius 3 is 2.35 bits per heavy atom. The highest BCUT2D eigenvalue weighted by Crippen LogP contribution is 2.38. The molecule has 6 heteroatoms. The Morgan fingerprint density at radius 2 is 1.94 bits per heavy atom. The lowest BCUT2D eigenvalue weighted by Gasteiger charge is -2.22. The predicted molar refractivity (Wildman–Crippen MR) is 56.9 cm³/mol. The largest absolute Gasteiger partial charge is 0.507 e. The zero-order valence-corrected chi connectivity index (χ0v) is 9.67. The number of nitrogens with two attached hydrogens (primary N) is 1. The number of aromatic hydroxyl groups is 1. The van der Waals surface area contributed by atoms with Crippen molar-refractivity contribution in [3.63, 3.8) is 0 Å². The molecule has 0 unspecified atom stereocenters. The third-order valence-electron chi connectivity index (χ3n) is 2.11.